The Bertz CT molecular complexity index is 1370. The zero-order valence-electron chi connectivity index (χ0n) is 18.3. The lowest BCUT2D eigenvalue weighted by Gasteiger charge is -2.44. The summed E-state index contributed by atoms with van der Waals surface area (Å²) in [5.41, 5.74) is 4.94. The van der Waals surface area contributed by atoms with Gasteiger partial charge < -0.3 is 4.74 Å². The molecule has 5 aromatic rings. The fourth-order valence-corrected chi connectivity index (χ4v) is 4.99. The number of ether oxygens (including phenoxy) is 1. The van der Waals surface area contributed by atoms with Crippen molar-refractivity contribution in [1.29, 1.82) is 0 Å². The van der Waals surface area contributed by atoms with Crippen LogP contribution in [-0.4, -0.2) is 4.90 Å². The van der Waals surface area contributed by atoms with E-state index in [1.54, 1.807) is 0 Å². The van der Waals surface area contributed by atoms with E-state index in [-0.39, 0.29) is 12.3 Å². The zero-order chi connectivity index (χ0) is 22.0. The molecule has 2 atom stereocenters. The molecule has 0 radical (unpaired) electrons. The Hall–Kier alpha value is -3.88. The maximum absolute atomic E-state index is 6.79. The third-order valence-corrected chi connectivity index (χ3v) is 6.48. The van der Waals surface area contributed by atoms with E-state index in [4.69, 9.17) is 4.74 Å². The lowest BCUT2D eigenvalue weighted by molar-refractivity contribution is -0.0251. The molecule has 2 heteroatoms. The molecule has 0 saturated heterocycles. The van der Waals surface area contributed by atoms with Crippen molar-refractivity contribution in [3.05, 3.63) is 150 Å². The monoisotopic (exact) mass is 427 g/mol. The summed E-state index contributed by atoms with van der Waals surface area (Å²) >= 11 is 0. The molecule has 5 aromatic carbocycles. The van der Waals surface area contributed by atoms with Crippen LogP contribution in [0.15, 0.2) is 127 Å². The van der Waals surface area contributed by atoms with Gasteiger partial charge in [-0.2, -0.15) is 0 Å². The van der Waals surface area contributed by atoms with Crippen molar-refractivity contribution in [2.24, 2.45) is 0 Å². The van der Waals surface area contributed by atoms with E-state index in [1.807, 2.05) is 0 Å². The molecule has 1 aliphatic rings. The molecule has 160 valence electrons. The largest absolute Gasteiger partial charge is 0.470 e. The average Bonchev–Trinajstić information content (AvgIpc) is 2.90. The van der Waals surface area contributed by atoms with Crippen molar-refractivity contribution in [1.82, 2.24) is 4.90 Å². The van der Waals surface area contributed by atoms with Gasteiger partial charge in [0.1, 0.15) is 5.75 Å². The molecule has 0 fully saturated rings. The number of nitrogens with zero attached hydrogens (tertiary/aromatic N) is 1. The van der Waals surface area contributed by atoms with E-state index >= 15 is 0 Å². The van der Waals surface area contributed by atoms with Crippen molar-refractivity contribution in [3.63, 3.8) is 0 Å². The minimum Gasteiger partial charge on any atom is -0.470 e. The summed E-state index contributed by atoms with van der Waals surface area (Å²) in [6.07, 6.45) is -0.190. The average molecular weight is 428 g/mol. The summed E-state index contributed by atoms with van der Waals surface area (Å²) in [7, 11) is 0. The summed E-state index contributed by atoms with van der Waals surface area (Å²) in [4.78, 5) is 2.49. The quantitative estimate of drug-likeness (QED) is 0.294. The van der Waals surface area contributed by atoms with Crippen LogP contribution < -0.4 is 4.74 Å². The Morgan fingerprint density at radius 2 is 1.18 bits per heavy atom. The zero-order valence-corrected chi connectivity index (χ0v) is 18.3. The maximum atomic E-state index is 6.79. The second-order valence-corrected chi connectivity index (χ2v) is 8.55. The predicted octanol–water partition coefficient (Wildman–Crippen LogP) is 7.52. The minimum absolute atomic E-state index is 0.0615. The van der Waals surface area contributed by atoms with Crippen molar-refractivity contribution in [2.75, 3.05) is 0 Å². The van der Waals surface area contributed by atoms with Gasteiger partial charge in [-0.15, -0.1) is 0 Å². The van der Waals surface area contributed by atoms with Gasteiger partial charge in [0.05, 0.1) is 6.04 Å². The van der Waals surface area contributed by atoms with Crippen LogP contribution >= 0.6 is 0 Å². The summed E-state index contributed by atoms with van der Waals surface area (Å²) in [5.74, 6) is 0.959. The fraction of sp³-hybridized carbons (Fsp3) is 0.0968. The Morgan fingerprint density at radius 1 is 0.576 bits per heavy atom. The smallest absolute Gasteiger partial charge is 0.180 e. The third kappa shape index (κ3) is 3.69. The molecular weight excluding hydrogens is 402 g/mol. The van der Waals surface area contributed by atoms with Gasteiger partial charge in [0.2, 0.25) is 0 Å². The van der Waals surface area contributed by atoms with Gasteiger partial charge >= 0.3 is 0 Å². The standard InChI is InChI=1S/C31H25NO/c1-4-12-23(13-5-1)22-32-30(25-15-6-2-7-16-25)29-27-19-11-10-14-24(27)20-21-28(29)33-31(32)26-17-8-3-9-18-26/h1-21,30-31H,22H2. The molecule has 0 aliphatic carbocycles. The molecule has 33 heavy (non-hydrogen) atoms. The summed E-state index contributed by atoms with van der Waals surface area (Å²) in [6.45, 7) is 0.780. The summed E-state index contributed by atoms with van der Waals surface area (Å²) < 4.78 is 6.79. The van der Waals surface area contributed by atoms with Crippen LogP contribution in [0.2, 0.25) is 0 Å². The van der Waals surface area contributed by atoms with Gasteiger partial charge in [-0.3, -0.25) is 0 Å². The Morgan fingerprint density at radius 3 is 1.91 bits per heavy atom. The Kier molecular flexibility index (Phi) is 5.14. The highest BCUT2D eigenvalue weighted by molar-refractivity contribution is 5.89. The van der Waals surface area contributed by atoms with Crippen LogP contribution in [-0.2, 0) is 6.54 Å². The summed E-state index contributed by atoms with van der Waals surface area (Å²) in [5, 5.41) is 2.48. The molecule has 0 saturated carbocycles. The van der Waals surface area contributed by atoms with Crippen LogP contribution in [0.4, 0.5) is 0 Å². The second kappa shape index (κ2) is 8.57. The van der Waals surface area contributed by atoms with Crippen molar-refractivity contribution < 1.29 is 4.74 Å². The van der Waals surface area contributed by atoms with Gasteiger partial charge in [0, 0.05) is 17.7 Å². The molecule has 0 amide bonds. The highest BCUT2D eigenvalue weighted by Crippen LogP contribution is 2.48. The van der Waals surface area contributed by atoms with Gasteiger partial charge in [-0.25, -0.2) is 4.90 Å². The van der Waals surface area contributed by atoms with E-state index in [0.29, 0.717) is 0 Å². The SMILES string of the molecule is c1ccc(CN2C(c3ccccc3)Oc3ccc4ccccc4c3C2c2ccccc2)cc1. The van der Waals surface area contributed by atoms with Crippen molar-refractivity contribution in [2.45, 2.75) is 18.8 Å². The lowest BCUT2D eigenvalue weighted by atomic mass is 9.89. The number of hydrogen-bond donors (Lipinski definition) is 0. The molecule has 6 rings (SSSR count). The van der Waals surface area contributed by atoms with E-state index < -0.39 is 0 Å². The molecule has 0 spiro atoms. The number of hydrogen-bond acceptors (Lipinski definition) is 2. The van der Waals surface area contributed by atoms with E-state index in [9.17, 15) is 0 Å². The normalized spacial score (nSPS) is 17.9. The van der Waals surface area contributed by atoms with Crippen molar-refractivity contribution >= 4 is 10.8 Å². The molecule has 2 nitrogen and oxygen atoms in total. The van der Waals surface area contributed by atoms with Crippen LogP contribution in [0.3, 0.4) is 0 Å². The van der Waals surface area contributed by atoms with E-state index in [1.165, 1.54) is 27.5 Å². The van der Waals surface area contributed by atoms with Gasteiger partial charge in [0.25, 0.3) is 0 Å². The van der Waals surface area contributed by atoms with Gasteiger partial charge in [-0.05, 0) is 28.0 Å². The lowest BCUT2D eigenvalue weighted by Crippen LogP contribution is -2.40. The van der Waals surface area contributed by atoms with Crippen molar-refractivity contribution in [3.8, 4) is 5.75 Å². The van der Waals surface area contributed by atoms with Crippen LogP contribution in [0, 0.1) is 0 Å². The molecule has 0 aromatic heterocycles. The van der Waals surface area contributed by atoms with Crippen LogP contribution in [0.1, 0.15) is 34.5 Å². The number of fused-ring (bicyclic) bond motifs is 3. The highest BCUT2D eigenvalue weighted by Gasteiger charge is 2.38. The van der Waals surface area contributed by atoms with Crippen LogP contribution in [0.25, 0.3) is 10.8 Å². The topological polar surface area (TPSA) is 12.5 Å². The number of benzene rings is 5. The summed E-state index contributed by atoms with van der Waals surface area (Å²) in [6, 6.07) is 45.1. The first-order chi connectivity index (χ1) is 16.4. The minimum atomic E-state index is -0.190. The Labute approximate surface area is 194 Å². The molecule has 2 unspecified atom stereocenters. The van der Waals surface area contributed by atoms with Crippen LogP contribution in [0.5, 0.6) is 5.75 Å². The van der Waals surface area contributed by atoms with E-state index in [2.05, 4.69) is 132 Å². The molecule has 1 heterocycles. The maximum Gasteiger partial charge on any atom is 0.180 e. The third-order valence-electron chi connectivity index (χ3n) is 6.48. The first-order valence-corrected chi connectivity index (χ1v) is 11.5. The molecular formula is C31H25NO. The van der Waals surface area contributed by atoms with Gasteiger partial charge in [0.15, 0.2) is 6.23 Å². The van der Waals surface area contributed by atoms with Gasteiger partial charge in [-0.1, -0.05) is 121 Å². The van der Waals surface area contributed by atoms with E-state index in [0.717, 1.165) is 17.9 Å². The first kappa shape index (κ1) is 19.8. The highest BCUT2D eigenvalue weighted by atomic mass is 16.5. The molecule has 0 N–H and O–H groups in total. The Balaban J connectivity index is 1.60. The second-order valence-electron chi connectivity index (χ2n) is 8.55. The number of rotatable bonds is 4. The molecule has 0 bridgehead atoms. The predicted molar refractivity (Wildman–Crippen MR) is 134 cm³/mol. The fourth-order valence-electron chi connectivity index (χ4n) is 4.99. The molecule has 1 aliphatic heterocycles. The first-order valence-electron chi connectivity index (χ1n) is 11.5.